The quantitative estimate of drug-likeness (QED) is 0.708. The molecule has 0 aliphatic carbocycles. The van der Waals surface area contributed by atoms with E-state index in [0.29, 0.717) is 16.8 Å². The Labute approximate surface area is 81.0 Å². The monoisotopic (exact) mass is 187 g/mol. The summed E-state index contributed by atoms with van der Waals surface area (Å²) in [5, 5.41) is 16.9. The number of phenolic OH excluding ortho intramolecular Hbond substituents is 1. The van der Waals surface area contributed by atoms with Crippen LogP contribution in [0, 0.1) is 0 Å². The van der Waals surface area contributed by atoms with Gasteiger partial charge in [-0.3, -0.25) is 0 Å². The lowest BCUT2D eigenvalue weighted by molar-refractivity contribution is 0.477. The van der Waals surface area contributed by atoms with E-state index in [1.54, 1.807) is 18.2 Å². The second kappa shape index (κ2) is 3.33. The zero-order valence-corrected chi connectivity index (χ0v) is 7.38. The highest BCUT2D eigenvalue weighted by Gasteiger charge is 2.06. The Morgan fingerprint density at radius 2 is 1.71 bits per heavy atom. The van der Waals surface area contributed by atoms with Crippen LogP contribution in [0.15, 0.2) is 36.7 Å². The van der Waals surface area contributed by atoms with E-state index in [1.165, 1.54) is 12.4 Å². The average molecular weight is 187 g/mol. The first-order valence-electron chi connectivity index (χ1n) is 4.13. The van der Waals surface area contributed by atoms with Crippen molar-refractivity contribution in [3.05, 3.63) is 36.7 Å². The zero-order chi connectivity index (χ0) is 9.97. The molecule has 0 radical (unpaired) electrons. The van der Waals surface area contributed by atoms with Crippen LogP contribution < -0.4 is 5.73 Å². The van der Waals surface area contributed by atoms with Gasteiger partial charge in [0, 0.05) is 11.1 Å². The van der Waals surface area contributed by atoms with Crippen molar-refractivity contribution in [3.8, 4) is 16.9 Å². The molecule has 70 valence electrons. The molecule has 4 heteroatoms. The fraction of sp³-hybridized carbons (Fsp3) is 0. The summed E-state index contributed by atoms with van der Waals surface area (Å²) in [5.74, 6) is 0.187. The lowest BCUT2D eigenvalue weighted by atomic mass is 10.1. The molecule has 1 heterocycles. The number of anilines is 1. The molecule has 3 N–H and O–H groups in total. The Morgan fingerprint density at radius 1 is 1.00 bits per heavy atom. The summed E-state index contributed by atoms with van der Waals surface area (Å²) >= 11 is 0. The number of hydrogen-bond donors (Lipinski definition) is 2. The molecular weight excluding hydrogens is 178 g/mol. The van der Waals surface area contributed by atoms with Gasteiger partial charge in [-0.25, -0.2) is 0 Å². The van der Waals surface area contributed by atoms with Gasteiger partial charge in [0.1, 0.15) is 5.75 Å². The predicted octanol–water partition coefficient (Wildman–Crippen LogP) is 1.43. The summed E-state index contributed by atoms with van der Waals surface area (Å²) in [7, 11) is 0. The number of para-hydroxylation sites is 1. The van der Waals surface area contributed by atoms with Crippen molar-refractivity contribution in [1.82, 2.24) is 10.2 Å². The van der Waals surface area contributed by atoms with E-state index in [2.05, 4.69) is 10.2 Å². The van der Waals surface area contributed by atoms with Gasteiger partial charge in [-0.05, 0) is 6.07 Å². The second-order valence-electron chi connectivity index (χ2n) is 2.88. The highest BCUT2D eigenvalue weighted by atomic mass is 16.3. The van der Waals surface area contributed by atoms with Crippen LogP contribution in [-0.2, 0) is 0 Å². The molecule has 0 spiro atoms. The van der Waals surface area contributed by atoms with Crippen LogP contribution in [0.1, 0.15) is 0 Å². The van der Waals surface area contributed by atoms with Crippen molar-refractivity contribution in [2.75, 3.05) is 5.73 Å². The van der Waals surface area contributed by atoms with E-state index in [0.717, 1.165) is 0 Å². The second-order valence-corrected chi connectivity index (χ2v) is 2.88. The molecule has 2 aromatic rings. The molecular formula is C10H9N3O. The third-order valence-corrected chi connectivity index (χ3v) is 1.96. The summed E-state index contributed by atoms with van der Waals surface area (Å²) in [6.07, 6.45) is 2.99. The highest BCUT2D eigenvalue weighted by Crippen LogP contribution is 2.31. The minimum Gasteiger partial charge on any atom is -0.507 e. The topological polar surface area (TPSA) is 72.0 Å². The largest absolute Gasteiger partial charge is 0.507 e. The van der Waals surface area contributed by atoms with Gasteiger partial charge in [-0.2, -0.15) is 10.2 Å². The van der Waals surface area contributed by atoms with E-state index >= 15 is 0 Å². The maximum Gasteiger partial charge on any atom is 0.123 e. The fourth-order valence-electron chi connectivity index (χ4n) is 1.26. The summed E-state index contributed by atoms with van der Waals surface area (Å²) in [5.41, 5.74) is 7.57. The average Bonchev–Trinajstić information content (AvgIpc) is 2.20. The molecule has 0 aliphatic rings. The number of rotatable bonds is 1. The number of nitrogen functional groups attached to an aromatic ring is 1. The van der Waals surface area contributed by atoms with Gasteiger partial charge in [0.2, 0.25) is 0 Å². The normalized spacial score (nSPS) is 10.0. The maximum absolute atomic E-state index is 9.58. The van der Waals surface area contributed by atoms with E-state index in [9.17, 15) is 5.11 Å². The van der Waals surface area contributed by atoms with E-state index in [1.807, 2.05) is 6.07 Å². The van der Waals surface area contributed by atoms with Crippen molar-refractivity contribution in [3.63, 3.8) is 0 Å². The molecule has 1 aromatic carbocycles. The molecule has 0 bridgehead atoms. The highest BCUT2D eigenvalue weighted by molar-refractivity contribution is 5.78. The summed E-state index contributed by atoms with van der Waals surface area (Å²) in [6.45, 7) is 0. The van der Waals surface area contributed by atoms with Gasteiger partial charge in [-0.1, -0.05) is 18.2 Å². The van der Waals surface area contributed by atoms with Crippen LogP contribution in [0.4, 0.5) is 5.69 Å². The lowest BCUT2D eigenvalue weighted by Gasteiger charge is -2.05. The molecule has 0 atom stereocenters. The standard InChI is InChI=1S/C10H9N3O/c11-9-6-13-12-5-8(9)7-3-1-2-4-10(7)14/h1-6,14H,(H2,11,12). The number of aromatic nitrogens is 2. The molecule has 0 saturated heterocycles. The Hall–Kier alpha value is -2.10. The first-order valence-corrected chi connectivity index (χ1v) is 4.13. The van der Waals surface area contributed by atoms with Crippen LogP contribution in [0.2, 0.25) is 0 Å². The van der Waals surface area contributed by atoms with Crippen molar-refractivity contribution in [2.45, 2.75) is 0 Å². The summed E-state index contributed by atoms with van der Waals surface area (Å²) < 4.78 is 0. The molecule has 0 amide bonds. The first kappa shape index (κ1) is 8.50. The summed E-state index contributed by atoms with van der Waals surface area (Å²) in [6, 6.07) is 6.97. The SMILES string of the molecule is Nc1cnncc1-c1ccccc1O. The number of benzene rings is 1. The third kappa shape index (κ3) is 1.37. The lowest BCUT2D eigenvalue weighted by Crippen LogP contribution is -1.93. The molecule has 14 heavy (non-hydrogen) atoms. The molecule has 4 nitrogen and oxygen atoms in total. The Kier molecular flexibility index (Phi) is 2.02. The van der Waals surface area contributed by atoms with Crippen molar-refractivity contribution < 1.29 is 5.11 Å². The van der Waals surface area contributed by atoms with E-state index in [-0.39, 0.29) is 5.75 Å². The number of phenols is 1. The predicted molar refractivity (Wildman–Crippen MR) is 53.5 cm³/mol. The van der Waals surface area contributed by atoms with Gasteiger partial charge in [0.05, 0.1) is 18.1 Å². The van der Waals surface area contributed by atoms with E-state index < -0.39 is 0 Å². The van der Waals surface area contributed by atoms with Gasteiger partial charge < -0.3 is 10.8 Å². The Balaban J connectivity index is 2.61. The molecule has 0 unspecified atom stereocenters. The maximum atomic E-state index is 9.58. The number of nitrogens with two attached hydrogens (primary N) is 1. The molecule has 1 aromatic heterocycles. The molecule has 2 rings (SSSR count). The van der Waals surface area contributed by atoms with Gasteiger partial charge >= 0.3 is 0 Å². The zero-order valence-electron chi connectivity index (χ0n) is 7.38. The minimum absolute atomic E-state index is 0.187. The van der Waals surface area contributed by atoms with Crippen LogP contribution >= 0.6 is 0 Å². The molecule has 0 aliphatic heterocycles. The van der Waals surface area contributed by atoms with Crippen LogP contribution in [0.25, 0.3) is 11.1 Å². The van der Waals surface area contributed by atoms with Crippen LogP contribution in [-0.4, -0.2) is 15.3 Å². The number of aromatic hydroxyl groups is 1. The Morgan fingerprint density at radius 3 is 2.43 bits per heavy atom. The van der Waals surface area contributed by atoms with E-state index in [4.69, 9.17) is 5.73 Å². The van der Waals surface area contributed by atoms with Crippen molar-refractivity contribution in [2.24, 2.45) is 0 Å². The van der Waals surface area contributed by atoms with Crippen LogP contribution in [0.5, 0.6) is 5.75 Å². The molecule has 0 saturated carbocycles. The van der Waals surface area contributed by atoms with Gasteiger partial charge in [0.15, 0.2) is 0 Å². The first-order chi connectivity index (χ1) is 6.79. The number of hydrogen-bond acceptors (Lipinski definition) is 4. The van der Waals surface area contributed by atoms with Crippen molar-refractivity contribution >= 4 is 5.69 Å². The van der Waals surface area contributed by atoms with Crippen LogP contribution in [0.3, 0.4) is 0 Å². The fourth-order valence-corrected chi connectivity index (χ4v) is 1.26. The minimum atomic E-state index is 0.187. The smallest absolute Gasteiger partial charge is 0.123 e. The van der Waals surface area contributed by atoms with Crippen molar-refractivity contribution in [1.29, 1.82) is 0 Å². The van der Waals surface area contributed by atoms with Gasteiger partial charge in [0.25, 0.3) is 0 Å². The third-order valence-electron chi connectivity index (χ3n) is 1.96. The summed E-state index contributed by atoms with van der Waals surface area (Å²) in [4.78, 5) is 0. The van der Waals surface area contributed by atoms with Gasteiger partial charge in [-0.15, -0.1) is 0 Å². The Bertz CT molecular complexity index is 413. The molecule has 0 fully saturated rings. The number of nitrogens with zero attached hydrogens (tertiary/aromatic N) is 2.